The van der Waals surface area contributed by atoms with Crippen molar-refractivity contribution in [2.75, 3.05) is 19.6 Å². The molecule has 2 heterocycles. The van der Waals surface area contributed by atoms with Crippen molar-refractivity contribution in [1.82, 2.24) is 15.6 Å². The zero-order valence-electron chi connectivity index (χ0n) is 16.6. The Morgan fingerprint density at radius 3 is 2.61 bits per heavy atom. The van der Waals surface area contributed by atoms with E-state index in [1.807, 2.05) is 0 Å². The van der Waals surface area contributed by atoms with Crippen molar-refractivity contribution >= 4 is 10.9 Å². The second kappa shape index (κ2) is 8.10. The van der Waals surface area contributed by atoms with Crippen LogP contribution in [0.15, 0.2) is 48.5 Å². The SMILES string of the molecule is c1ccc2c3c([nH]c2c1)C(NCCc1ccc(C2CCNCC2)cc1)CCC3. The molecular formula is C25H31N3. The molecule has 1 saturated heterocycles. The number of benzene rings is 2. The standard InChI is InChI=1S/C25H31N3/c1-2-6-23-21(4-1)22-5-3-7-24(25(22)28-23)27-17-12-18-8-10-19(11-9-18)20-13-15-26-16-14-20/h1-2,4,6,8-11,20,24,26-28H,3,5,7,12-17H2. The van der Waals surface area contributed by atoms with Gasteiger partial charge in [0.05, 0.1) is 0 Å². The summed E-state index contributed by atoms with van der Waals surface area (Å²) < 4.78 is 0. The third-order valence-electron chi connectivity index (χ3n) is 6.71. The van der Waals surface area contributed by atoms with Gasteiger partial charge in [0.1, 0.15) is 0 Å². The summed E-state index contributed by atoms with van der Waals surface area (Å²) in [7, 11) is 0. The van der Waals surface area contributed by atoms with Crippen LogP contribution in [-0.4, -0.2) is 24.6 Å². The molecule has 3 nitrogen and oxygen atoms in total. The van der Waals surface area contributed by atoms with E-state index in [9.17, 15) is 0 Å². The van der Waals surface area contributed by atoms with Crippen LogP contribution >= 0.6 is 0 Å². The number of hydrogen-bond acceptors (Lipinski definition) is 2. The van der Waals surface area contributed by atoms with Crippen LogP contribution in [-0.2, 0) is 12.8 Å². The van der Waals surface area contributed by atoms with Crippen molar-refractivity contribution in [3.8, 4) is 0 Å². The molecule has 1 atom stereocenters. The Morgan fingerprint density at radius 1 is 0.929 bits per heavy atom. The lowest BCUT2D eigenvalue weighted by Crippen LogP contribution is -2.27. The van der Waals surface area contributed by atoms with E-state index in [4.69, 9.17) is 0 Å². The zero-order valence-corrected chi connectivity index (χ0v) is 16.6. The summed E-state index contributed by atoms with van der Waals surface area (Å²) in [5.74, 6) is 0.746. The van der Waals surface area contributed by atoms with Crippen molar-refractivity contribution in [2.45, 2.75) is 50.5 Å². The molecular weight excluding hydrogens is 342 g/mol. The smallest absolute Gasteiger partial charge is 0.0476 e. The molecule has 146 valence electrons. The van der Waals surface area contributed by atoms with E-state index in [2.05, 4.69) is 64.1 Å². The van der Waals surface area contributed by atoms with Gasteiger partial charge in [-0.1, -0.05) is 42.5 Å². The molecule has 0 bridgehead atoms. The summed E-state index contributed by atoms with van der Waals surface area (Å²) >= 11 is 0. The predicted octanol–water partition coefficient (Wildman–Crippen LogP) is 4.84. The van der Waals surface area contributed by atoms with Gasteiger partial charge in [-0.05, 0) is 86.8 Å². The molecule has 1 aliphatic carbocycles. The van der Waals surface area contributed by atoms with Crippen LogP contribution < -0.4 is 10.6 Å². The van der Waals surface area contributed by atoms with Gasteiger partial charge in [0.2, 0.25) is 0 Å². The van der Waals surface area contributed by atoms with E-state index < -0.39 is 0 Å². The Kier molecular flexibility index (Phi) is 5.20. The summed E-state index contributed by atoms with van der Waals surface area (Å²) in [5.41, 5.74) is 7.21. The predicted molar refractivity (Wildman–Crippen MR) is 117 cm³/mol. The molecule has 1 aliphatic heterocycles. The van der Waals surface area contributed by atoms with Gasteiger partial charge in [0, 0.05) is 22.6 Å². The number of hydrogen-bond donors (Lipinski definition) is 3. The Hall–Kier alpha value is -2.10. The van der Waals surface area contributed by atoms with E-state index in [0.29, 0.717) is 6.04 Å². The number of nitrogens with one attached hydrogen (secondary N) is 3. The van der Waals surface area contributed by atoms with E-state index in [1.165, 1.54) is 65.4 Å². The minimum absolute atomic E-state index is 0.463. The first-order chi connectivity index (χ1) is 13.9. The largest absolute Gasteiger partial charge is 0.357 e. The monoisotopic (exact) mass is 373 g/mol. The maximum Gasteiger partial charge on any atom is 0.0476 e. The summed E-state index contributed by atoms with van der Waals surface area (Å²) in [4.78, 5) is 3.69. The van der Waals surface area contributed by atoms with Crippen molar-refractivity contribution in [3.05, 3.63) is 70.9 Å². The van der Waals surface area contributed by atoms with Gasteiger partial charge in [0.25, 0.3) is 0 Å². The van der Waals surface area contributed by atoms with Crippen LogP contribution in [0.4, 0.5) is 0 Å². The minimum Gasteiger partial charge on any atom is -0.357 e. The van der Waals surface area contributed by atoms with Crippen LogP contribution in [0.1, 0.15) is 60.0 Å². The van der Waals surface area contributed by atoms with Gasteiger partial charge in [-0.25, -0.2) is 0 Å². The second-order valence-electron chi connectivity index (χ2n) is 8.48. The first-order valence-electron chi connectivity index (χ1n) is 11.0. The quantitative estimate of drug-likeness (QED) is 0.599. The number of H-pyrrole nitrogens is 1. The summed E-state index contributed by atoms with van der Waals surface area (Å²) in [6.45, 7) is 3.35. The van der Waals surface area contributed by atoms with Crippen molar-refractivity contribution in [1.29, 1.82) is 0 Å². The van der Waals surface area contributed by atoms with Gasteiger partial charge in [-0.2, -0.15) is 0 Å². The third-order valence-corrected chi connectivity index (χ3v) is 6.71. The fraction of sp³-hybridized carbons (Fsp3) is 0.440. The molecule has 2 aliphatic rings. The molecule has 28 heavy (non-hydrogen) atoms. The lowest BCUT2D eigenvalue weighted by molar-refractivity contribution is 0.456. The summed E-state index contributed by atoms with van der Waals surface area (Å²) in [6, 6.07) is 18.6. The molecule has 0 spiro atoms. The van der Waals surface area contributed by atoms with Crippen molar-refractivity contribution in [2.24, 2.45) is 0 Å². The third kappa shape index (κ3) is 3.61. The fourth-order valence-corrected chi connectivity index (χ4v) is 5.12. The van der Waals surface area contributed by atoms with Crippen LogP contribution in [0.25, 0.3) is 10.9 Å². The van der Waals surface area contributed by atoms with E-state index in [0.717, 1.165) is 32.0 Å². The molecule has 2 aromatic carbocycles. The van der Waals surface area contributed by atoms with Gasteiger partial charge in [-0.3, -0.25) is 0 Å². The van der Waals surface area contributed by atoms with Crippen LogP contribution in [0.5, 0.6) is 0 Å². The maximum absolute atomic E-state index is 3.83. The molecule has 1 unspecified atom stereocenters. The number of fused-ring (bicyclic) bond motifs is 3. The highest BCUT2D eigenvalue weighted by atomic mass is 14.9. The fourth-order valence-electron chi connectivity index (χ4n) is 5.12. The molecule has 0 amide bonds. The topological polar surface area (TPSA) is 39.9 Å². The minimum atomic E-state index is 0.463. The Balaban J connectivity index is 1.21. The molecule has 0 radical (unpaired) electrons. The highest BCUT2D eigenvalue weighted by Gasteiger charge is 2.23. The van der Waals surface area contributed by atoms with Crippen LogP contribution in [0, 0.1) is 0 Å². The number of aromatic amines is 1. The molecule has 0 saturated carbocycles. The van der Waals surface area contributed by atoms with Gasteiger partial charge in [0.15, 0.2) is 0 Å². The average Bonchev–Trinajstić information content (AvgIpc) is 3.15. The highest BCUT2D eigenvalue weighted by Crippen LogP contribution is 2.34. The summed E-state index contributed by atoms with van der Waals surface area (Å²) in [6.07, 6.45) is 7.35. The van der Waals surface area contributed by atoms with Crippen molar-refractivity contribution < 1.29 is 0 Å². The zero-order chi connectivity index (χ0) is 18.8. The Labute approximate surface area is 167 Å². The molecule has 3 heteroatoms. The lowest BCUT2D eigenvalue weighted by Gasteiger charge is -2.24. The average molecular weight is 374 g/mol. The summed E-state index contributed by atoms with van der Waals surface area (Å²) in [5, 5.41) is 8.70. The number of aryl methyl sites for hydroxylation is 1. The van der Waals surface area contributed by atoms with Gasteiger partial charge in [-0.15, -0.1) is 0 Å². The van der Waals surface area contributed by atoms with E-state index >= 15 is 0 Å². The maximum atomic E-state index is 3.83. The molecule has 5 rings (SSSR count). The van der Waals surface area contributed by atoms with Gasteiger partial charge >= 0.3 is 0 Å². The first-order valence-corrected chi connectivity index (χ1v) is 11.0. The lowest BCUT2D eigenvalue weighted by atomic mass is 9.89. The molecule has 3 aromatic rings. The molecule has 3 N–H and O–H groups in total. The van der Waals surface area contributed by atoms with E-state index in [-0.39, 0.29) is 0 Å². The Morgan fingerprint density at radius 2 is 1.75 bits per heavy atom. The highest BCUT2D eigenvalue weighted by molar-refractivity contribution is 5.85. The normalized spacial score (nSPS) is 20.4. The Bertz CT molecular complexity index is 919. The number of aromatic nitrogens is 1. The van der Waals surface area contributed by atoms with Gasteiger partial charge < -0.3 is 15.6 Å². The molecule has 1 aromatic heterocycles. The number of piperidine rings is 1. The van der Waals surface area contributed by atoms with Crippen molar-refractivity contribution in [3.63, 3.8) is 0 Å². The van der Waals surface area contributed by atoms with E-state index in [1.54, 1.807) is 0 Å². The van der Waals surface area contributed by atoms with Crippen LogP contribution in [0.2, 0.25) is 0 Å². The number of rotatable bonds is 5. The van der Waals surface area contributed by atoms with Crippen LogP contribution in [0.3, 0.4) is 0 Å². The first kappa shape index (κ1) is 18.0. The molecule has 1 fully saturated rings. The second-order valence-corrected chi connectivity index (χ2v) is 8.48. The number of para-hydroxylation sites is 1.